The molecule has 104 valence electrons. The summed E-state index contributed by atoms with van der Waals surface area (Å²) in [6.07, 6.45) is -2.19. The fourth-order valence-electron chi connectivity index (χ4n) is 1.21. The van der Waals surface area contributed by atoms with Gasteiger partial charge in [-0.15, -0.1) is 0 Å². The summed E-state index contributed by atoms with van der Waals surface area (Å²) >= 11 is 5.72. The number of rotatable bonds is 6. The van der Waals surface area contributed by atoms with E-state index in [0.29, 0.717) is 10.8 Å². The monoisotopic (exact) mass is 286 g/mol. The highest BCUT2D eigenvalue weighted by Gasteiger charge is 2.17. The van der Waals surface area contributed by atoms with Crippen LogP contribution < -0.4 is 15.8 Å². The minimum Gasteiger partial charge on any atom is -0.481 e. The van der Waals surface area contributed by atoms with Crippen LogP contribution in [0.3, 0.4) is 0 Å². The van der Waals surface area contributed by atoms with Crippen molar-refractivity contribution in [3.8, 4) is 5.75 Å². The van der Waals surface area contributed by atoms with Crippen LogP contribution in [0, 0.1) is 0 Å². The number of hydrogen-bond acceptors (Lipinski definition) is 4. The molecule has 4 N–H and O–H groups in total. The number of primary amides is 1. The van der Waals surface area contributed by atoms with E-state index in [4.69, 9.17) is 27.2 Å². The van der Waals surface area contributed by atoms with Gasteiger partial charge in [-0.2, -0.15) is 0 Å². The molecule has 1 aromatic rings. The summed E-state index contributed by atoms with van der Waals surface area (Å²) in [6, 6.07) is 6.53. The van der Waals surface area contributed by atoms with Gasteiger partial charge in [0.1, 0.15) is 11.9 Å². The summed E-state index contributed by atoms with van der Waals surface area (Å²) in [4.78, 5) is 22.2. The number of aliphatic hydroxyl groups is 1. The van der Waals surface area contributed by atoms with Crippen LogP contribution in [-0.2, 0) is 9.59 Å². The maximum atomic E-state index is 11.6. The molecule has 19 heavy (non-hydrogen) atoms. The SMILES string of the molecule is CC(Oc1ccc(Cl)cc1)C(=O)NCC(O)C(N)=O. The van der Waals surface area contributed by atoms with Crippen LogP contribution in [0.25, 0.3) is 0 Å². The van der Waals surface area contributed by atoms with Crippen LogP contribution in [0.5, 0.6) is 5.75 Å². The van der Waals surface area contributed by atoms with E-state index in [0.717, 1.165) is 0 Å². The van der Waals surface area contributed by atoms with Crippen molar-refractivity contribution in [1.82, 2.24) is 5.32 Å². The Hall–Kier alpha value is -1.79. The number of amides is 2. The third-order valence-electron chi connectivity index (χ3n) is 2.29. The molecule has 0 saturated carbocycles. The number of aliphatic hydroxyl groups excluding tert-OH is 1. The molecule has 0 fully saturated rings. The lowest BCUT2D eigenvalue weighted by molar-refractivity contribution is -0.129. The Morgan fingerprint density at radius 1 is 1.42 bits per heavy atom. The number of carbonyl (C=O) groups excluding carboxylic acids is 2. The molecule has 0 aliphatic rings. The van der Waals surface area contributed by atoms with Crippen molar-refractivity contribution in [3.63, 3.8) is 0 Å². The molecule has 0 aliphatic carbocycles. The lowest BCUT2D eigenvalue weighted by atomic mass is 10.3. The first-order valence-corrected chi connectivity index (χ1v) is 5.95. The van der Waals surface area contributed by atoms with Gasteiger partial charge in [0, 0.05) is 5.02 Å². The molecular formula is C12H15ClN2O4. The number of nitrogens with two attached hydrogens (primary N) is 1. The fourth-order valence-corrected chi connectivity index (χ4v) is 1.34. The molecule has 1 aromatic carbocycles. The Labute approximate surface area is 115 Å². The quantitative estimate of drug-likeness (QED) is 0.689. The zero-order chi connectivity index (χ0) is 14.4. The highest BCUT2D eigenvalue weighted by atomic mass is 35.5. The standard InChI is InChI=1S/C12H15ClN2O4/c1-7(12(18)15-6-10(16)11(14)17)19-9-4-2-8(13)3-5-9/h2-5,7,10,16H,6H2,1H3,(H2,14,17)(H,15,18). The lowest BCUT2D eigenvalue weighted by Gasteiger charge is -2.15. The smallest absolute Gasteiger partial charge is 0.260 e. The van der Waals surface area contributed by atoms with E-state index in [2.05, 4.69) is 5.32 Å². The van der Waals surface area contributed by atoms with Crippen molar-refractivity contribution in [2.45, 2.75) is 19.1 Å². The summed E-state index contributed by atoms with van der Waals surface area (Å²) in [5.41, 5.74) is 4.85. The van der Waals surface area contributed by atoms with Gasteiger partial charge in [-0.1, -0.05) is 11.6 Å². The number of ether oxygens (including phenoxy) is 1. The summed E-state index contributed by atoms with van der Waals surface area (Å²) in [7, 11) is 0. The maximum Gasteiger partial charge on any atom is 0.260 e. The van der Waals surface area contributed by atoms with Gasteiger partial charge >= 0.3 is 0 Å². The largest absolute Gasteiger partial charge is 0.481 e. The molecule has 1 rings (SSSR count). The normalized spacial score (nSPS) is 13.4. The van der Waals surface area contributed by atoms with Crippen molar-refractivity contribution in [1.29, 1.82) is 0 Å². The molecule has 0 spiro atoms. The lowest BCUT2D eigenvalue weighted by Crippen LogP contribution is -2.44. The van der Waals surface area contributed by atoms with Gasteiger partial charge in [0.25, 0.3) is 5.91 Å². The van der Waals surface area contributed by atoms with Crippen molar-refractivity contribution in [3.05, 3.63) is 29.3 Å². The predicted octanol–water partition coefficient (Wildman–Crippen LogP) is 0.0697. The Morgan fingerprint density at radius 3 is 2.53 bits per heavy atom. The van der Waals surface area contributed by atoms with Gasteiger partial charge in [0.2, 0.25) is 5.91 Å². The molecular weight excluding hydrogens is 272 g/mol. The molecule has 0 bridgehead atoms. The minimum atomic E-state index is -1.41. The average Bonchev–Trinajstić information content (AvgIpc) is 2.37. The summed E-state index contributed by atoms with van der Waals surface area (Å²) in [5, 5.41) is 12.1. The van der Waals surface area contributed by atoms with Gasteiger partial charge < -0.3 is 20.9 Å². The minimum absolute atomic E-state index is 0.248. The van der Waals surface area contributed by atoms with Gasteiger partial charge in [-0.05, 0) is 31.2 Å². The van der Waals surface area contributed by atoms with E-state index in [-0.39, 0.29) is 6.54 Å². The second-order valence-corrected chi connectivity index (χ2v) is 4.31. The molecule has 0 radical (unpaired) electrons. The van der Waals surface area contributed by atoms with Crippen LogP contribution in [-0.4, -0.2) is 35.7 Å². The highest BCUT2D eigenvalue weighted by Crippen LogP contribution is 2.16. The van der Waals surface area contributed by atoms with Crippen molar-refractivity contribution in [2.24, 2.45) is 5.73 Å². The van der Waals surface area contributed by atoms with Crippen molar-refractivity contribution in [2.75, 3.05) is 6.54 Å². The van der Waals surface area contributed by atoms with Crippen LogP contribution in [0.2, 0.25) is 5.02 Å². The number of carbonyl (C=O) groups is 2. The van der Waals surface area contributed by atoms with Gasteiger partial charge in [0.05, 0.1) is 6.54 Å². The topological polar surface area (TPSA) is 102 Å². The van der Waals surface area contributed by atoms with Crippen LogP contribution in [0.1, 0.15) is 6.92 Å². The van der Waals surface area contributed by atoms with E-state index in [1.165, 1.54) is 0 Å². The van der Waals surface area contributed by atoms with E-state index < -0.39 is 24.0 Å². The zero-order valence-electron chi connectivity index (χ0n) is 10.3. The fraction of sp³-hybridized carbons (Fsp3) is 0.333. The zero-order valence-corrected chi connectivity index (χ0v) is 11.1. The molecule has 0 aliphatic heterocycles. The van der Waals surface area contributed by atoms with E-state index in [9.17, 15) is 9.59 Å². The van der Waals surface area contributed by atoms with E-state index in [1.807, 2.05) is 0 Å². The predicted molar refractivity (Wildman–Crippen MR) is 69.8 cm³/mol. The van der Waals surface area contributed by atoms with Crippen LogP contribution in [0.15, 0.2) is 24.3 Å². The molecule has 7 heteroatoms. The van der Waals surface area contributed by atoms with Crippen LogP contribution in [0.4, 0.5) is 0 Å². The molecule has 2 unspecified atom stereocenters. The molecule has 2 amide bonds. The Morgan fingerprint density at radius 2 is 2.00 bits per heavy atom. The third-order valence-corrected chi connectivity index (χ3v) is 2.55. The van der Waals surface area contributed by atoms with Gasteiger partial charge in [-0.25, -0.2) is 0 Å². The highest BCUT2D eigenvalue weighted by molar-refractivity contribution is 6.30. The number of halogens is 1. The number of hydrogen-bond donors (Lipinski definition) is 3. The Balaban J connectivity index is 2.44. The average molecular weight is 287 g/mol. The second-order valence-electron chi connectivity index (χ2n) is 3.88. The summed E-state index contributed by atoms with van der Waals surface area (Å²) in [5.74, 6) is -0.871. The van der Waals surface area contributed by atoms with Crippen LogP contribution >= 0.6 is 11.6 Å². The van der Waals surface area contributed by atoms with Gasteiger partial charge in [-0.3, -0.25) is 9.59 Å². The third kappa shape index (κ3) is 5.15. The molecule has 0 saturated heterocycles. The first-order valence-electron chi connectivity index (χ1n) is 5.57. The first kappa shape index (κ1) is 15.3. The molecule has 6 nitrogen and oxygen atoms in total. The molecule has 0 aromatic heterocycles. The van der Waals surface area contributed by atoms with Gasteiger partial charge in [0.15, 0.2) is 6.10 Å². The summed E-state index contributed by atoms with van der Waals surface area (Å²) in [6.45, 7) is 1.29. The van der Waals surface area contributed by atoms with E-state index in [1.54, 1.807) is 31.2 Å². The Bertz CT molecular complexity index is 450. The number of nitrogens with one attached hydrogen (secondary N) is 1. The summed E-state index contributed by atoms with van der Waals surface area (Å²) < 4.78 is 5.36. The van der Waals surface area contributed by atoms with Crippen molar-refractivity contribution >= 4 is 23.4 Å². The maximum absolute atomic E-state index is 11.6. The second kappa shape index (κ2) is 6.96. The Kier molecular flexibility index (Phi) is 5.59. The molecule has 0 heterocycles. The molecule has 2 atom stereocenters. The van der Waals surface area contributed by atoms with E-state index >= 15 is 0 Å². The number of benzene rings is 1. The van der Waals surface area contributed by atoms with Crippen molar-refractivity contribution < 1.29 is 19.4 Å². The first-order chi connectivity index (χ1) is 8.90.